The summed E-state index contributed by atoms with van der Waals surface area (Å²) in [5.41, 5.74) is 6.44. The number of aliphatic hydroxyl groups is 1. The number of primary amides is 1. The van der Waals surface area contributed by atoms with Crippen LogP contribution in [0, 0.1) is 0 Å². The molecule has 126 valence electrons. The third-order valence-corrected chi connectivity index (χ3v) is 3.31. The number of amides is 2. The summed E-state index contributed by atoms with van der Waals surface area (Å²) in [5.74, 6) is -0.401. The van der Waals surface area contributed by atoms with Crippen LogP contribution in [-0.4, -0.2) is 36.2 Å². The number of carbonyl (C=O) groups excluding carboxylic acids is 2. The van der Waals surface area contributed by atoms with Crippen LogP contribution in [0.15, 0.2) is 54.6 Å². The Kier molecular flexibility index (Phi) is 6.33. The average molecular weight is 328 g/mol. The molecule has 2 amide bonds. The molecular formula is C18H20N2O4. The SMILES string of the molecule is NC(=O)COc1ccc(C(=O)NCC(O)Cc2ccccc2)cc1. The second kappa shape index (κ2) is 8.69. The summed E-state index contributed by atoms with van der Waals surface area (Å²) >= 11 is 0. The minimum Gasteiger partial charge on any atom is -0.484 e. The van der Waals surface area contributed by atoms with Crippen LogP contribution in [0.25, 0.3) is 0 Å². The maximum Gasteiger partial charge on any atom is 0.255 e. The molecule has 0 bridgehead atoms. The quantitative estimate of drug-likeness (QED) is 0.669. The number of benzene rings is 2. The van der Waals surface area contributed by atoms with Crippen LogP contribution in [0.4, 0.5) is 0 Å². The van der Waals surface area contributed by atoms with Crippen molar-refractivity contribution >= 4 is 11.8 Å². The molecule has 2 aromatic rings. The zero-order chi connectivity index (χ0) is 17.4. The fourth-order valence-electron chi connectivity index (χ4n) is 2.13. The van der Waals surface area contributed by atoms with E-state index in [1.807, 2.05) is 30.3 Å². The third-order valence-electron chi connectivity index (χ3n) is 3.31. The Morgan fingerprint density at radius 1 is 1.08 bits per heavy atom. The summed E-state index contributed by atoms with van der Waals surface area (Å²) in [6.07, 6.45) is -0.185. The molecule has 24 heavy (non-hydrogen) atoms. The van der Waals surface area contributed by atoms with Gasteiger partial charge in [0.15, 0.2) is 6.61 Å². The van der Waals surface area contributed by atoms with Gasteiger partial charge in [-0.05, 0) is 29.8 Å². The minimum atomic E-state index is -0.658. The Bertz CT molecular complexity index is 671. The average Bonchev–Trinajstić information content (AvgIpc) is 2.59. The highest BCUT2D eigenvalue weighted by Crippen LogP contribution is 2.12. The van der Waals surface area contributed by atoms with Crippen molar-refractivity contribution in [1.29, 1.82) is 0 Å². The number of rotatable bonds is 8. The number of carbonyl (C=O) groups is 2. The van der Waals surface area contributed by atoms with E-state index < -0.39 is 12.0 Å². The second-order valence-electron chi connectivity index (χ2n) is 5.33. The molecule has 0 aliphatic rings. The van der Waals surface area contributed by atoms with Gasteiger partial charge in [-0.15, -0.1) is 0 Å². The Labute approximate surface area is 140 Å². The molecule has 0 saturated carbocycles. The second-order valence-corrected chi connectivity index (χ2v) is 5.33. The molecule has 6 heteroatoms. The first kappa shape index (κ1) is 17.5. The van der Waals surface area contributed by atoms with E-state index in [1.165, 1.54) is 0 Å². The van der Waals surface area contributed by atoms with Gasteiger partial charge in [0, 0.05) is 18.5 Å². The van der Waals surface area contributed by atoms with Crippen LogP contribution in [-0.2, 0) is 11.2 Å². The van der Waals surface area contributed by atoms with Crippen molar-refractivity contribution in [2.45, 2.75) is 12.5 Å². The predicted molar refractivity (Wildman–Crippen MR) is 89.6 cm³/mol. The number of hydrogen-bond acceptors (Lipinski definition) is 4. The number of nitrogens with one attached hydrogen (secondary N) is 1. The van der Waals surface area contributed by atoms with Crippen LogP contribution in [0.5, 0.6) is 5.75 Å². The van der Waals surface area contributed by atoms with Crippen LogP contribution >= 0.6 is 0 Å². The monoisotopic (exact) mass is 328 g/mol. The molecule has 2 rings (SSSR count). The maximum atomic E-state index is 12.0. The zero-order valence-electron chi connectivity index (χ0n) is 13.1. The van der Waals surface area contributed by atoms with E-state index >= 15 is 0 Å². The Balaban J connectivity index is 1.80. The molecule has 0 saturated heterocycles. The lowest BCUT2D eigenvalue weighted by Crippen LogP contribution is -2.33. The van der Waals surface area contributed by atoms with Gasteiger partial charge < -0.3 is 20.9 Å². The molecule has 0 fully saturated rings. The largest absolute Gasteiger partial charge is 0.484 e. The summed E-state index contributed by atoms with van der Waals surface area (Å²) in [7, 11) is 0. The number of aliphatic hydroxyl groups excluding tert-OH is 1. The molecular weight excluding hydrogens is 308 g/mol. The van der Waals surface area contributed by atoms with E-state index in [0.29, 0.717) is 17.7 Å². The number of nitrogens with two attached hydrogens (primary N) is 1. The summed E-state index contributed by atoms with van der Waals surface area (Å²) in [5, 5.41) is 12.7. The Hall–Kier alpha value is -2.86. The summed E-state index contributed by atoms with van der Waals surface area (Å²) in [6.45, 7) is -0.0507. The summed E-state index contributed by atoms with van der Waals surface area (Å²) < 4.78 is 5.12. The summed E-state index contributed by atoms with van der Waals surface area (Å²) in [6, 6.07) is 15.9. The molecule has 0 heterocycles. The first-order valence-electron chi connectivity index (χ1n) is 7.56. The maximum absolute atomic E-state index is 12.0. The minimum absolute atomic E-state index is 0.160. The standard InChI is InChI=1S/C18H20N2O4/c19-17(22)12-24-16-8-6-14(7-9-16)18(23)20-11-15(21)10-13-4-2-1-3-5-13/h1-9,15,21H,10-12H2,(H2,19,22)(H,20,23). The lowest BCUT2D eigenvalue weighted by atomic mass is 10.1. The van der Waals surface area contributed by atoms with Crippen molar-refractivity contribution in [3.63, 3.8) is 0 Å². The van der Waals surface area contributed by atoms with E-state index in [2.05, 4.69) is 5.32 Å². The predicted octanol–water partition coefficient (Wildman–Crippen LogP) is 0.884. The molecule has 4 N–H and O–H groups in total. The molecule has 0 aliphatic carbocycles. The van der Waals surface area contributed by atoms with Gasteiger partial charge in [0.1, 0.15) is 5.75 Å². The van der Waals surface area contributed by atoms with Gasteiger partial charge in [0.05, 0.1) is 6.10 Å². The normalized spacial score (nSPS) is 11.5. The fourth-order valence-corrected chi connectivity index (χ4v) is 2.13. The lowest BCUT2D eigenvalue weighted by molar-refractivity contribution is -0.119. The van der Waals surface area contributed by atoms with E-state index in [9.17, 15) is 14.7 Å². The van der Waals surface area contributed by atoms with Crippen molar-refractivity contribution in [2.24, 2.45) is 5.73 Å². The first-order valence-corrected chi connectivity index (χ1v) is 7.56. The molecule has 6 nitrogen and oxygen atoms in total. The van der Waals surface area contributed by atoms with Gasteiger partial charge in [-0.25, -0.2) is 0 Å². The summed E-state index contributed by atoms with van der Waals surface area (Å²) in [4.78, 5) is 22.7. The number of ether oxygens (including phenoxy) is 1. The van der Waals surface area contributed by atoms with Crippen LogP contribution < -0.4 is 15.8 Å². The van der Waals surface area contributed by atoms with Crippen molar-refractivity contribution in [3.05, 3.63) is 65.7 Å². The van der Waals surface area contributed by atoms with Crippen LogP contribution in [0.1, 0.15) is 15.9 Å². The Morgan fingerprint density at radius 3 is 2.38 bits per heavy atom. The Morgan fingerprint density at radius 2 is 1.75 bits per heavy atom. The topological polar surface area (TPSA) is 102 Å². The highest BCUT2D eigenvalue weighted by molar-refractivity contribution is 5.94. The molecule has 0 aromatic heterocycles. The fraction of sp³-hybridized carbons (Fsp3) is 0.222. The van der Waals surface area contributed by atoms with E-state index in [1.54, 1.807) is 24.3 Å². The van der Waals surface area contributed by atoms with Gasteiger partial charge in [0.2, 0.25) is 0 Å². The van der Waals surface area contributed by atoms with Crippen LogP contribution in [0.3, 0.4) is 0 Å². The van der Waals surface area contributed by atoms with Crippen molar-refractivity contribution in [1.82, 2.24) is 5.32 Å². The van der Waals surface area contributed by atoms with Gasteiger partial charge in [-0.2, -0.15) is 0 Å². The molecule has 0 radical (unpaired) electrons. The third kappa shape index (κ3) is 5.73. The zero-order valence-corrected chi connectivity index (χ0v) is 13.1. The van der Waals surface area contributed by atoms with Crippen molar-refractivity contribution < 1.29 is 19.4 Å². The van der Waals surface area contributed by atoms with E-state index in [-0.39, 0.29) is 19.1 Å². The highest BCUT2D eigenvalue weighted by Gasteiger charge is 2.10. The molecule has 1 unspecified atom stereocenters. The van der Waals surface area contributed by atoms with Gasteiger partial charge in [-0.1, -0.05) is 30.3 Å². The van der Waals surface area contributed by atoms with Gasteiger partial charge in [-0.3, -0.25) is 9.59 Å². The van der Waals surface area contributed by atoms with E-state index in [0.717, 1.165) is 5.56 Å². The van der Waals surface area contributed by atoms with Crippen molar-refractivity contribution in [2.75, 3.05) is 13.2 Å². The van der Waals surface area contributed by atoms with Gasteiger partial charge >= 0.3 is 0 Å². The molecule has 1 atom stereocenters. The first-order chi connectivity index (χ1) is 11.5. The molecule has 0 spiro atoms. The lowest BCUT2D eigenvalue weighted by Gasteiger charge is -2.12. The smallest absolute Gasteiger partial charge is 0.255 e. The van der Waals surface area contributed by atoms with Crippen LogP contribution in [0.2, 0.25) is 0 Å². The highest BCUT2D eigenvalue weighted by atomic mass is 16.5. The van der Waals surface area contributed by atoms with Crippen molar-refractivity contribution in [3.8, 4) is 5.75 Å². The molecule has 2 aromatic carbocycles. The molecule has 0 aliphatic heterocycles. The number of hydrogen-bond donors (Lipinski definition) is 3. The van der Waals surface area contributed by atoms with Gasteiger partial charge in [0.25, 0.3) is 11.8 Å². The van der Waals surface area contributed by atoms with E-state index in [4.69, 9.17) is 10.5 Å².